The number of nitrogens with one attached hydrogen (secondary N) is 2. The van der Waals surface area contributed by atoms with E-state index in [1.165, 1.54) is 64.2 Å². The average Bonchev–Trinajstić information content (AvgIpc) is 2.87. The summed E-state index contributed by atoms with van der Waals surface area (Å²) in [6, 6.07) is 14.9. The Morgan fingerprint density at radius 2 is 1.00 bits per heavy atom. The number of hydrogen-bond donors (Lipinski definition) is 2. The quantitative estimate of drug-likeness (QED) is 0.374. The average molecular weight is 465 g/mol. The molecule has 0 heterocycles. The van der Waals surface area contributed by atoms with E-state index < -0.39 is 0 Å². The van der Waals surface area contributed by atoms with Gasteiger partial charge in [0.1, 0.15) is 11.5 Å². The molecule has 5 heteroatoms. The van der Waals surface area contributed by atoms with Crippen LogP contribution in [0.3, 0.4) is 0 Å². The minimum atomic E-state index is -0.267. The Hall–Kier alpha value is -2.69. The molecule has 0 radical (unpaired) electrons. The molecule has 2 saturated carbocycles. The van der Waals surface area contributed by atoms with Crippen LogP contribution < -0.4 is 20.1 Å². The van der Waals surface area contributed by atoms with Crippen molar-refractivity contribution < 1.29 is 14.3 Å². The first kappa shape index (κ1) is 24.4. The van der Waals surface area contributed by atoms with Crippen molar-refractivity contribution in [2.24, 2.45) is 11.8 Å². The van der Waals surface area contributed by atoms with Gasteiger partial charge in [0.05, 0.1) is 13.2 Å². The van der Waals surface area contributed by atoms with Crippen LogP contribution >= 0.6 is 0 Å². The zero-order valence-corrected chi connectivity index (χ0v) is 20.4. The molecule has 0 bridgehead atoms. The van der Waals surface area contributed by atoms with E-state index in [4.69, 9.17) is 9.47 Å². The van der Waals surface area contributed by atoms with Crippen LogP contribution in [0, 0.1) is 11.8 Å². The first-order chi connectivity index (χ1) is 16.7. The predicted molar refractivity (Wildman–Crippen MR) is 139 cm³/mol. The second-order valence-corrected chi connectivity index (χ2v) is 9.91. The van der Waals surface area contributed by atoms with Gasteiger partial charge in [0, 0.05) is 11.4 Å². The van der Waals surface area contributed by atoms with E-state index in [9.17, 15) is 4.79 Å². The van der Waals surface area contributed by atoms with Crippen molar-refractivity contribution in [2.45, 2.75) is 77.0 Å². The third-order valence-electron chi connectivity index (χ3n) is 7.26. The standard InChI is InChI=1S/C29H40N2O3/c32-29(30-25-11-15-27(16-12-25)33-21-19-23-7-3-1-4-8-23)31-26-13-17-28(18-14-26)34-22-20-24-9-5-2-6-10-24/h11-18,23-24H,1-10,19-22H2,(H2,30,31,32). The van der Waals surface area contributed by atoms with Crippen LogP contribution in [-0.2, 0) is 0 Å². The number of carbonyl (C=O) groups is 1. The lowest BCUT2D eigenvalue weighted by molar-refractivity contribution is 0.246. The summed E-state index contributed by atoms with van der Waals surface area (Å²) in [5.74, 6) is 3.34. The molecule has 0 aromatic heterocycles. The Kier molecular flexibility index (Phi) is 9.53. The summed E-state index contributed by atoms with van der Waals surface area (Å²) >= 11 is 0. The fourth-order valence-corrected chi connectivity index (χ4v) is 5.20. The van der Waals surface area contributed by atoms with Crippen molar-refractivity contribution in [2.75, 3.05) is 23.8 Å². The molecule has 2 aliphatic carbocycles. The van der Waals surface area contributed by atoms with Gasteiger partial charge in [0.15, 0.2) is 0 Å². The minimum absolute atomic E-state index is 0.267. The molecule has 0 saturated heterocycles. The molecule has 2 amide bonds. The van der Waals surface area contributed by atoms with Crippen LogP contribution in [0.1, 0.15) is 77.0 Å². The molecule has 0 aliphatic heterocycles. The highest BCUT2D eigenvalue weighted by Crippen LogP contribution is 2.28. The summed E-state index contributed by atoms with van der Waals surface area (Å²) in [5, 5.41) is 5.75. The first-order valence-corrected chi connectivity index (χ1v) is 13.3. The number of carbonyl (C=O) groups excluding carboxylic acids is 1. The van der Waals surface area contributed by atoms with Crippen molar-refractivity contribution in [3.8, 4) is 11.5 Å². The molecule has 2 aromatic carbocycles. The number of ether oxygens (including phenoxy) is 2. The molecule has 0 spiro atoms. The van der Waals surface area contributed by atoms with Gasteiger partial charge < -0.3 is 20.1 Å². The zero-order chi connectivity index (χ0) is 23.4. The minimum Gasteiger partial charge on any atom is -0.494 e. The smallest absolute Gasteiger partial charge is 0.323 e. The van der Waals surface area contributed by atoms with Crippen molar-refractivity contribution in [3.05, 3.63) is 48.5 Å². The van der Waals surface area contributed by atoms with Gasteiger partial charge in [-0.25, -0.2) is 4.79 Å². The second kappa shape index (κ2) is 13.3. The highest BCUT2D eigenvalue weighted by Gasteiger charge is 2.14. The molecule has 34 heavy (non-hydrogen) atoms. The van der Waals surface area contributed by atoms with Crippen molar-refractivity contribution in [1.82, 2.24) is 0 Å². The van der Waals surface area contributed by atoms with E-state index in [1.54, 1.807) is 0 Å². The van der Waals surface area contributed by atoms with Gasteiger partial charge in [-0.15, -0.1) is 0 Å². The highest BCUT2D eigenvalue weighted by atomic mass is 16.5. The van der Waals surface area contributed by atoms with Crippen LogP contribution in [-0.4, -0.2) is 19.2 Å². The maximum atomic E-state index is 12.4. The SMILES string of the molecule is O=C(Nc1ccc(OCCC2CCCCC2)cc1)Nc1ccc(OCCC2CCCCC2)cc1. The van der Waals surface area contributed by atoms with Crippen molar-refractivity contribution in [3.63, 3.8) is 0 Å². The van der Waals surface area contributed by atoms with Gasteiger partial charge in [-0.2, -0.15) is 0 Å². The van der Waals surface area contributed by atoms with Crippen LogP contribution in [0.25, 0.3) is 0 Å². The van der Waals surface area contributed by atoms with E-state index >= 15 is 0 Å². The number of anilines is 2. The van der Waals surface area contributed by atoms with Crippen LogP contribution in [0.2, 0.25) is 0 Å². The maximum Gasteiger partial charge on any atom is 0.323 e. The maximum absolute atomic E-state index is 12.4. The van der Waals surface area contributed by atoms with Gasteiger partial charge >= 0.3 is 6.03 Å². The Morgan fingerprint density at radius 1 is 0.618 bits per heavy atom. The zero-order valence-electron chi connectivity index (χ0n) is 20.4. The summed E-state index contributed by atoms with van der Waals surface area (Å²) in [6.07, 6.45) is 15.9. The lowest BCUT2D eigenvalue weighted by Gasteiger charge is -2.21. The summed E-state index contributed by atoms with van der Waals surface area (Å²) in [6.45, 7) is 1.52. The van der Waals surface area contributed by atoms with E-state index in [1.807, 2.05) is 48.5 Å². The van der Waals surface area contributed by atoms with Gasteiger partial charge in [0.25, 0.3) is 0 Å². The molecule has 2 aliphatic rings. The number of rotatable bonds is 10. The molecular weight excluding hydrogens is 424 g/mol. The molecule has 184 valence electrons. The summed E-state index contributed by atoms with van der Waals surface area (Å²) in [5.41, 5.74) is 1.47. The van der Waals surface area contributed by atoms with E-state index in [0.29, 0.717) is 0 Å². The highest BCUT2D eigenvalue weighted by molar-refractivity contribution is 5.99. The monoisotopic (exact) mass is 464 g/mol. The number of benzene rings is 2. The third kappa shape index (κ3) is 8.27. The molecule has 0 unspecified atom stereocenters. The van der Waals surface area contributed by atoms with E-state index in [2.05, 4.69) is 10.6 Å². The topological polar surface area (TPSA) is 59.6 Å². The summed E-state index contributed by atoms with van der Waals surface area (Å²) < 4.78 is 11.8. The molecule has 0 atom stereocenters. The number of amides is 2. The molecule has 5 nitrogen and oxygen atoms in total. The normalized spacial score (nSPS) is 17.2. The molecule has 4 rings (SSSR count). The fraction of sp³-hybridized carbons (Fsp3) is 0.552. The largest absolute Gasteiger partial charge is 0.494 e. The summed E-state index contributed by atoms with van der Waals surface area (Å²) in [7, 11) is 0. The third-order valence-corrected chi connectivity index (χ3v) is 7.26. The number of urea groups is 1. The van der Waals surface area contributed by atoms with Gasteiger partial charge in [-0.1, -0.05) is 64.2 Å². The Balaban J connectivity index is 1.13. The molecule has 2 aromatic rings. The first-order valence-electron chi connectivity index (χ1n) is 13.3. The Labute approximate surface area is 204 Å². The molecular formula is C29H40N2O3. The molecule has 2 N–H and O–H groups in total. The Bertz CT molecular complexity index is 782. The van der Waals surface area contributed by atoms with Crippen LogP contribution in [0.5, 0.6) is 11.5 Å². The molecule has 2 fully saturated rings. The van der Waals surface area contributed by atoms with Crippen molar-refractivity contribution >= 4 is 17.4 Å². The van der Waals surface area contributed by atoms with Gasteiger partial charge in [0.2, 0.25) is 0 Å². The fourth-order valence-electron chi connectivity index (χ4n) is 5.20. The van der Waals surface area contributed by atoms with Crippen LogP contribution in [0.15, 0.2) is 48.5 Å². The second-order valence-electron chi connectivity index (χ2n) is 9.91. The Morgan fingerprint density at radius 3 is 1.38 bits per heavy atom. The lowest BCUT2D eigenvalue weighted by Crippen LogP contribution is -2.19. The lowest BCUT2D eigenvalue weighted by atomic mass is 9.87. The predicted octanol–water partition coefficient (Wildman–Crippen LogP) is 8.03. The number of hydrogen-bond acceptors (Lipinski definition) is 3. The van der Waals surface area contributed by atoms with E-state index in [-0.39, 0.29) is 6.03 Å². The van der Waals surface area contributed by atoms with Gasteiger partial charge in [-0.3, -0.25) is 0 Å². The van der Waals surface area contributed by atoms with Crippen molar-refractivity contribution in [1.29, 1.82) is 0 Å². The van der Waals surface area contributed by atoms with Crippen LogP contribution in [0.4, 0.5) is 16.2 Å². The van der Waals surface area contributed by atoms with Gasteiger partial charge in [-0.05, 0) is 73.2 Å². The van der Waals surface area contributed by atoms with E-state index in [0.717, 1.165) is 60.8 Å². The summed E-state index contributed by atoms with van der Waals surface area (Å²) in [4.78, 5) is 12.4.